The minimum absolute atomic E-state index is 0.0592. The molecule has 0 saturated heterocycles. The second kappa shape index (κ2) is 9.25. The van der Waals surface area contributed by atoms with E-state index in [1.165, 1.54) is 45.4 Å². The van der Waals surface area contributed by atoms with Crippen LogP contribution in [0.2, 0.25) is 18.1 Å². The zero-order valence-electron chi connectivity index (χ0n) is 24.0. The van der Waals surface area contributed by atoms with Crippen molar-refractivity contribution in [1.82, 2.24) is 0 Å². The first-order valence-electron chi connectivity index (χ1n) is 14.4. The van der Waals surface area contributed by atoms with Gasteiger partial charge < -0.3 is 9.16 Å². The predicted molar refractivity (Wildman–Crippen MR) is 143 cm³/mol. The Morgan fingerprint density at radius 3 is 2.37 bits per heavy atom. The summed E-state index contributed by atoms with van der Waals surface area (Å²) in [6, 6.07) is 0. The molecule has 0 aromatic heterocycles. The molecule has 4 aliphatic rings. The summed E-state index contributed by atoms with van der Waals surface area (Å²) in [4.78, 5) is 25.0. The summed E-state index contributed by atoms with van der Waals surface area (Å²) in [6.07, 6.45) is 9.59. The molecule has 1 unspecified atom stereocenters. The van der Waals surface area contributed by atoms with Crippen LogP contribution in [0.1, 0.15) is 99.8 Å². The maximum atomic E-state index is 13.6. The van der Waals surface area contributed by atoms with Crippen molar-refractivity contribution in [3.63, 3.8) is 0 Å². The van der Waals surface area contributed by atoms with Gasteiger partial charge in [0.25, 0.3) is 0 Å². The first kappa shape index (κ1) is 27.4. The molecular weight excluding hydrogens is 452 g/mol. The molecule has 4 saturated carbocycles. The van der Waals surface area contributed by atoms with Gasteiger partial charge in [-0.1, -0.05) is 41.5 Å². The predicted octanol–water partition coefficient (Wildman–Crippen LogP) is 7.41. The van der Waals surface area contributed by atoms with E-state index in [-0.39, 0.29) is 28.3 Å². The number of fused-ring (bicyclic) bond motifs is 5. The average molecular weight is 505 g/mol. The minimum Gasteiger partial charge on any atom is -0.466 e. The second-order valence-electron chi connectivity index (χ2n) is 14.9. The monoisotopic (exact) mass is 504 g/mol. The van der Waals surface area contributed by atoms with Gasteiger partial charge >= 0.3 is 5.97 Å². The van der Waals surface area contributed by atoms with Crippen molar-refractivity contribution in [2.24, 2.45) is 46.3 Å². The number of Topliss-reactive ketones (excluding diaryl/α,β-unsaturated/α-hetero) is 1. The summed E-state index contributed by atoms with van der Waals surface area (Å²) in [6.45, 7) is 20.9. The lowest BCUT2D eigenvalue weighted by atomic mass is 9.44. The molecule has 0 bridgehead atoms. The lowest BCUT2D eigenvalue weighted by Gasteiger charge is -2.61. The third-order valence-corrected chi connectivity index (χ3v) is 16.5. The van der Waals surface area contributed by atoms with Crippen LogP contribution in [-0.2, 0) is 18.8 Å². The van der Waals surface area contributed by atoms with Crippen molar-refractivity contribution in [2.45, 2.75) is 124 Å². The highest BCUT2D eigenvalue weighted by Crippen LogP contribution is 2.67. The van der Waals surface area contributed by atoms with Crippen molar-refractivity contribution < 1.29 is 18.8 Å². The van der Waals surface area contributed by atoms with E-state index < -0.39 is 8.32 Å². The Kier molecular flexibility index (Phi) is 7.23. The molecule has 5 heteroatoms. The lowest BCUT2D eigenvalue weighted by molar-refractivity contribution is -0.149. The van der Waals surface area contributed by atoms with Gasteiger partial charge in [-0.25, -0.2) is 0 Å². The maximum Gasteiger partial charge on any atom is 0.302 e. The van der Waals surface area contributed by atoms with Gasteiger partial charge in [0.15, 0.2) is 8.32 Å². The molecule has 0 aromatic rings. The number of carbonyl (C=O) groups is 2. The first-order valence-corrected chi connectivity index (χ1v) is 17.3. The summed E-state index contributed by atoms with van der Waals surface area (Å²) in [5.74, 6) is 2.98. The molecule has 9 atom stereocenters. The minimum atomic E-state index is -1.75. The van der Waals surface area contributed by atoms with Crippen molar-refractivity contribution in [1.29, 1.82) is 0 Å². The third-order valence-electron chi connectivity index (χ3n) is 11.9. The average Bonchev–Trinajstić information content (AvgIpc) is 3.02. The van der Waals surface area contributed by atoms with Gasteiger partial charge in [0, 0.05) is 25.4 Å². The van der Waals surface area contributed by atoms with Crippen LogP contribution >= 0.6 is 0 Å². The van der Waals surface area contributed by atoms with Gasteiger partial charge in [-0.05, 0) is 103 Å². The maximum absolute atomic E-state index is 13.6. The Bertz CT molecular complexity index is 831. The van der Waals surface area contributed by atoms with E-state index in [2.05, 4.69) is 54.6 Å². The number of hydrogen-bond acceptors (Lipinski definition) is 4. The van der Waals surface area contributed by atoms with E-state index in [9.17, 15) is 9.59 Å². The van der Waals surface area contributed by atoms with Crippen LogP contribution in [0.3, 0.4) is 0 Å². The van der Waals surface area contributed by atoms with E-state index >= 15 is 0 Å². The second-order valence-corrected chi connectivity index (χ2v) is 19.7. The van der Waals surface area contributed by atoms with Crippen LogP contribution < -0.4 is 0 Å². The summed E-state index contributed by atoms with van der Waals surface area (Å²) < 4.78 is 12.3. The van der Waals surface area contributed by atoms with Gasteiger partial charge in [0.05, 0.1) is 6.61 Å². The van der Waals surface area contributed by atoms with Crippen molar-refractivity contribution >= 4 is 20.1 Å². The summed E-state index contributed by atoms with van der Waals surface area (Å²) >= 11 is 0. The highest BCUT2D eigenvalue weighted by atomic mass is 28.4. The van der Waals surface area contributed by atoms with Crippen LogP contribution in [0, 0.1) is 46.3 Å². The Labute approximate surface area is 215 Å². The first-order chi connectivity index (χ1) is 16.1. The fourth-order valence-electron chi connectivity index (χ4n) is 8.97. The molecule has 0 radical (unpaired) electrons. The van der Waals surface area contributed by atoms with Crippen LogP contribution in [0.15, 0.2) is 0 Å². The topological polar surface area (TPSA) is 52.6 Å². The van der Waals surface area contributed by atoms with Crippen LogP contribution in [0.25, 0.3) is 0 Å². The van der Waals surface area contributed by atoms with Crippen molar-refractivity contribution in [3.05, 3.63) is 0 Å². The molecule has 4 nitrogen and oxygen atoms in total. The van der Waals surface area contributed by atoms with E-state index in [1.54, 1.807) is 0 Å². The number of hydrogen-bond donors (Lipinski definition) is 0. The molecule has 0 amide bonds. The number of ether oxygens (including phenoxy) is 1. The molecule has 35 heavy (non-hydrogen) atoms. The standard InChI is InChI=1S/C30H52O4Si/c1-19(18-33-20(2)31)25-17-26(32)27-23-11-10-21-16-22(34-35(8,9)28(3,4)5)12-14-29(21,6)24(23)13-15-30(25,27)7/h19,21-25,27H,10-18H2,1-9H3/t19-,21?,22+,23-,24+,25-,27-,29+,30-/m1/s1. The fraction of sp³-hybridized carbons (Fsp3) is 0.933. The fourth-order valence-corrected chi connectivity index (χ4v) is 10.4. The van der Waals surface area contributed by atoms with E-state index in [1.807, 2.05) is 0 Å². The number of rotatable bonds is 5. The third kappa shape index (κ3) is 4.71. The molecule has 4 aliphatic carbocycles. The van der Waals surface area contributed by atoms with E-state index in [4.69, 9.17) is 9.16 Å². The molecule has 0 spiro atoms. The Morgan fingerprint density at radius 2 is 1.74 bits per heavy atom. The van der Waals surface area contributed by atoms with Gasteiger partial charge in [-0.2, -0.15) is 0 Å². The highest BCUT2D eigenvalue weighted by molar-refractivity contribution is 6.74. The smallest absolute Gasteiger partial charge is 0.302 e. The van der Waals surface area contributed by atoms with Crippen molar-refractivity contribution in [2.75, 3.05) is 6.61 Å². The SMILES string of the molecule is CC(=O)OC[C@@H](C)[C@H]1CC(=O)[C@H]2[C@@H]3CCC4C[C@@H](O[Si](C)(C)C(C)(C)C)CC[C@]4(C)[C@H]3CC[C@]12C. The zero-order valence-corrected chi connectivity index (χ0v) is 25.0. The van der Waals surface area contributed by atoms with Crippen LogP contribution in [0.4, 0.5) is 0 Å². The zero-order chi connectivity index (χ0) is 26.0. The molecular formula is C30H52O4Si. The number of esters is 1. The largest absolute Gasteiger partial charge is 0.466 e. The van der Waals surface area contributed by atoms with Gasteiger partial charge in [-0.3, -0.25) is 9.59 Å². The molecule has 200 valence electrons. The van der Waals surface area contributed by atoms with Crippen molar-refractivity contribution in [3.8, 4) is 0 Å². The van der Waals surface area contributed by atoms with Gasteiger partial charge in [0.2, 0.25) is 0 Å². The number of ketones is 1. The molecule has 4 rings (SSSR count). The Morgan fingerprint density at radius 1 is 1.09 bits per heavy atom. The van der Waals surface area contributed by atoms with Crippen LogP contribution in [0.5, 0.6) is 0 Å². The van der Waals surface area contributed by atoms with Gasteiger partial charge in [0.1, 0.15) is 5.78 Å². The highest BCUT2D eigenvalue weighted by Gasteiger charge is 2.63. The molecule has 0 N–H and O–H groups in total. The number of carbonyl (C=O) groups excluding carboxylic acids is 2. The molecule has 4 fully saturated rings. The summed E-state index contributed by atoms with van der Waals surface area (Å²) in [7, 11) is -1.75. The van der Waals surface area contributed by atoms with E-state index in [0.29, 0.717) is 48.1 Å². The molecule has 0 aromatic carbocycles. The van der Waals surface area contributed by atoms with E-state index in [0.717, 1.165) is 12.3 Å². The lowest BCUT2D eigenvalue weighted by Crippen LogP contribution is -2.56. The Balaban J connectivity index is 1.48. The molecule has 0 aliphatic heterocycles. The van der Waals surface area contributed by atoms with Crippen LogP contribution in [-0.4, -0.2) is 32.8 Å². The quantitative estimate of drug-likeness (QED) is 0.289. The Hall–Kier alpha value is -0.683. The molecule has 0 heterocycles. The normalized spacial score (nSPS) is 42.6. The summed E-state index contributed by atoms with van der Waals surface area (Å²) in [5.41, 5.74) is 0.406. The summed E-state index contributed by atoms with van der Waals surface area (Å²) in [5, 5.41) is 0.255. The van der Waals surface area contributed by atoms with Gasteiger partial charge in [-0.15, -0.1) is 0 Å².